The van der Waals surface area contributed by atoms with Crippen molar-refractivity contribution in [1.82, 2.24) is 14.5 Å². The molecule has 4 aromatic carbocycles. The lowest BCUT2D eigenvalue weighted by atomic mass is 10.1. The quantitative estimate of drug-likeness (QED) is 0.169. The number of fused-ring (bicyclic) bond motifs is 1. The Balaban J connectivity index is 1.43. The van der Waals surface area contributed by atoms with Crippen molar-refractivity contribution in [2.24, 2.45) is 5.14 Å². The third-order valence-corrected chi connectivity index (χ3v) is 9.01. The molecule has 5 aromatic rings. The average molecular weight is 607 g/mol. The lowest BCUT2D eigenvalue weighted by Crippen LogP contribution is -2.25. The fourth-order valence-electron chi connectivity index (χ4n) is 5.86. The minimum atomic E-state index is -3.76. The van der Waals surface area contributed by atoms with E-state index in [1.807, 2.05) is 24.3 Å². The Labute approximate surface area is 260 Å². The number of rotatable bonds is 12. The molecule has 8 heteroatoms. The summed E-state index contributed by atoms with van der Waals surface area (Å²) in [6.45, 7) is 5.77. The summed E-state index contributed by atoms with van der Waals surface area (Å²) >= 11 is 0. The number of nitrogens with two attached hydrogens (primary N) is 1. The van der Waals surface area contributed by atoms with Gasteiger partial charge in [0.2, 0.25) is 10.0 Å². The Hall–Kier alpha value is -4.24. The molecule has 0 aliphatic carbocycles. The first-order valence-electron chi connectivity index (χ1n) is 15.2. The summed E-state index contributed by atoms with van der Waals surface area (Å²) in [6, 6.07) is 34.2. The first-order valence-corrected chi connectivity index (χ1v) is 16.7. The largest absolute Gasteiger partial charge is 0.493 e. The number of sulfonamides is 1. The van der Waals surface area contributed by atoms with Crippen molar-refractivity contribution in [3.05, 3.63) is 126 Å². The van der Waals surface area contributed by atoms with E-state index in [1.165, 1.54) is 11.1 Å². The predicted octanol–water partition coefficient (Wildman–Crippen LogP) is 6.80. The highest BCUT2D eigenvalue weighted by molar-refractivity contribution is 7.89. The van der Waals surface area contributed by atoms with Crippen LogP contribution in [-0.4, -0.2) is 29.5 Å². The van der Waals surface area contributed by atoms with E-state index in [-0.39, 0.29) is 4.90 Å². The summed E-state index contributed by atoms with van der Waals surface area (Å²) in [6.07, 6.45) is 3.03. The Morgan fingerprint density at radius 1 is 0.841 bits per heavy atom. The molecule has 6 rings (SSSR count). The molecular weight excluding hydrogens is 568 g/mol. The summed E-state index contributed by atoms with van der Waals surface area (Å²) in [5.41, 5.74) is 7.78. The molecule has 0 bridgehead atoms. The minimum absolute atomic E-state index is 0.114. The molecule has 0 spiro atoms. The van der Waals surface area contributed by atoms with E-state index in [9.17, 15) is 8.42 Å². The van der Waals surface area contributed by atoms with Crippen LogP contribution in [0.4, 0.5) is 0 Å². The van der Waals surface area contributed by atoms with Crippen LogP contribution in [0.3, 0.4) is 0 Å². The minimum Gasteiger partial charge on any atom is -0.493 e. The fourth-order valence-corrected chi connectivity index (χ4v) is 6.37. The molecule has 226 valence electrons. The summed E-state index contributed by atoms with van der Waals surface area (Å²) in [5.74, 6) is 1.94. The SMILES string of the molecule is CCCCn1c(-c2ccccc2)nc(-c2ccccc2)c1CN(Cc1ccc(S(N)(=O)=O)cc1)Cc1ccc2c(c1)CCO2. The number of hydrogen-bond donors (Lipinski definition) is 1. The zero-order valence-electron chi connectivity index (χ0n) is 25.0. The van der Waals surface area contributed by atoms with Crippen LogP contribution >= 0.6 is 0 Å². The maximum absolute atomic E-state index is 11.9. The van der Waals surface area contributed by atoms with E-state index in [2.05, 4.69) is 83.1 Å². The zero-order chi connectivity index (χ0) is 30.5. The van der Waals surface area contributed by atoms with Gasteiger partial charge in [-0.25, -0.2) is 18.5 Å². The second-order valence-electron chi connectivity index (χ2n) is 11.3. The second kappa shape index (κ2) is 13.2. The lowest BCUT2D eigenvalue weighted by Gasteiger charge is -2.25. The van der Waals surface area contributed by atoms with Crippen LogP contribution in [0.2, 0.25) is 0 Å². The maximum atomic E-state index is 11.9. The number of imidazole rings is 1. The van der Waals surface area contributed by atoms with Gasteiger partial charge in [0.05, 0.1) is 22.9 Å². The molecule has 2 heterocycles. The van der Waals surface area contributed by atoms with E-state index >= 15 is 0 Å². The first-order chi connectivity index (χ1) is 21.4. The van der Waals surface area contributed by atoms with E-state index in [0.717, 1.165) is 72.1 Å². The number of ether oxygens (including phenoxy) is 1. The highest BCUT2D eigenvalue weighted by atomic mass is 32.2. The van der Waals surface area contributed by atoms with Crippen LogP contribution in [0.25, 0.3) is 22.6 Å². The van der Waals surface area contributed by atoms with Gasteiger partial charge in [0.15, 0.2) is 0 Å². The van der Waals surface area contributed by atoms with Gasteiger partial charge in [-0.05, 0) is 41.3 Å². The van der Waals surface area contributed by atoms with Crippen LogP contribution in [0.5, 0.6) is 5.75 Å². The Kier molecular flexibility index (Phi) is 8.93. The van der Waals surface area contributed by atoms with Crippen molar-refractivity contribution < 1.29 is 13.2 Å². The Morgan fingerprint density at radius 3 is 2.18 bits per heavy atom. The van der Waals surface area contributed by atoms with Crippen molar-refractivity contribution in [2.45, 2.75) is 57.3 Å². The van der Waals surface area contributed by atoms with Gasteiger partial charge < -0.3 is 9.30 Å². The van der Waals surface area contributed by atoms with E-state index in [4.69, 9.17) is 14.9 Å². The molecule has 0 amide bonds. The molecule has 0 saturated carbocycles. The van der Waals surface area contributed by atoms with Gasteiger partial charge in [-0.3, -0.25) is 4.90 Å². The Morgan fingerprint density at radius 2 is 1.50 bits per heavy atom. The topological polar surface area (TPSA) is 90.5 Å². The van der Waals surface area contributed by atoms with Crippen molar-refractivity contribution in [2.75, 3.05) is 6.61 Å². The van der Waals surface area contributed by atoms with Crippen molar-refractivity contribution >= 4 is 10.0 Å². The molecule has 1 aromatic heterocycles. The van der Waals surface area contributed by atoms with Gasteiger partial charge in [0, 0.05) is 43.7 Å². The van der Waals surface area contributed by atoms with Crippen LogP contribution in [0.1, 0.15) is 42.1 Å². The number of unbranched alkanes of at least 4 members (excludes halogenated alkanes) is 1. The van der Waals surface area contributed by atoms with Gasteiger partial charge >= 0.3 is 0 Å². The zero-order valence-corrected chi connectivity index (χ0v) is 25.8. The number of benzene rings is 4. The molecule has 44 heavy (non-hydrogen) atoms. The summed E-state index contributed by atoms with van der Waals surface area (Å²) in [5, 5.41) is 5.38. The first kappa shape index (κ1) is 29.8. The molecule has 2 N–H and O–H groups in total. The molecule has 0 fully saturated rings. The molecule has 0 atom stereocenters. The van der Waals surface area contributed by atoms with Crippen molar-refractivity contribution in [1.29, 1.82) is 0 Å². The monoisotopic (exact) mass is 606 g/mol. The van der Waals surface area contributed by atoms with Crippen LogP contribution in [0.15, 0.2) is 108 Å². The molecule has 0 saturated heterocycles. The van der Waals surface area contributed by atoms with Crippen LogP contribution < -0.4 is 9.88 Å². The van der Waals surface area contributed by atoms with Gasteiger partial charge in [0.25, 0.3) is 0 Å². The van der Waals surface area contributed by atoms with Crippen molar-refractivity contribution in [3.8, 4) is 28.4 Å². The normalized spacial score (nSPS) is 12.8. The second-order valence-corrected chi connectivity index (χ2v) is 12.9. The van der Waals surface area contributed by atoms with E-state index in [1.54, 1.807) is 12.1 Å². The average Bonchev–Trinajstić information content (AvgIpc) is 3.65. The third-order valence-electron chi connectivity index (χ3n) is 8.08. The highest BCUT2D eigenvalue weighted by Crippen LogP contribution is 2.32. The third kappa shape index (κ3) is 6.78. The molecule has 1 aliphatic rings. The fraction of sp³-hybridized carbons (Fsp3) is 0.250. The van der Waals surface area contributed by atoms with E-state index in [0.29, 0.717) is 19.6 Å². The molecule has 7 nitrogen and oxygen atoms in total. The van der Waals surface area contributed by atoms with Gasteiger partial charge in [-0.2, -0.15) is 0 Å². The summed E-state index contributed by atoms with van der Waals surface area (Å²) < 4.78 is 32.0. The number of primary sulfonamides is 1. The Bertz CT molecular complexity index is 1820. The molecule has 1 aliphatic heterocycles. The summed E-state index contributed by atoms with van der Waals surface area (Å²) in [4.78, 5) is 7.82. The summed E-state index contributed by atoms with van der Waals surface area (Å²) in [7, 11) is -3.76. The molecular formula is C36H38N4O3S. The smallest absolute Gasteiger partial charge is 0.238 e. The van der Waals surface area contributed by atoms with E-state index < -0.39 is 10.0 Å². The highest BCUT2D eigenvalue weighted by Gasteiger charge is 2.23. The van der Waals surface area contributed by atoms with Crippen LogP contribution in [0, 0.1) is 0 Å². The standard InChI is InChI=1S/C36H38N4O3S/c1-2-3-21-40-33(35(29-10-6-4-7-11-29)38-36(40)30-12-8-5-9-13-30)26-39(24-27-14-17-32(18-15-27)44(37,41)42)25-28-16-19-34-31(23-28)20-22-43-34/h4-19,23H,2-3,20-22,24-26H2,1H3,(H2,37,41,42). The lowest BCUT2D eigenvalue weighted by molar-refractivity contribution is 0.241. The van der Waals surface area contributed by atoms with Gasteiger partial charge in [-0.1, -0.05) is 98.3 Å². The van der Waals surface area contributed by atoms with Gasteiger partial charge in [0.1, 0.15) is 11.6 Å². The van der Waals surface area contributed by atoms with Crippen LogP contribution in [-0.2, 0) is 42.6 Å². The number of nitrogens with zero attached hydrogens (tertiary/aromatic N) is 3. The predicted molar refractivity (Wildman–Crippen MR) is 174 cm³/mol. The number of hydrogen-bond acceptors (Lipinski definition) is 5. The molecule has 0 radical (unpaired) electrons. The maximum Gasteiger partial charge on any atom is 0.238 e. The van der Waals surface area contributed by atoms with Gasteiger partial charge in [-0.15, -0.1) is 0 Å². The van der Waals surface area contributed by atoms with Crippen molar-refractivity contribution in [3.63, 3.8) is 0 Å². The molecule has 0 unspecified atom stereocenters. The number of aromatic nitrogens is 2.